The van der Waals surface area contributed by atoms with Crippen LogP contribution in [0.4, 0.5) is 0 Å². The number of rotatable bonds is 12. The molecule has 212 valence electrons. The van der Waals surface area contributed by atoms with E-state index in [-0.39, 0.29) is 0 Å². The minimum atomic E-state index is 0.759. The van der Waals surface area contributed by atoms with Crippen molar-refractivity contribution in [1.29, 1.82) is 0 Å². The van der Waals surface area contributed by atoms with E-state index in [1.807, 2.05) is 12.3 Å². The first kappa shape index (κ1) is 28.8. The fraction of sp³-hybridized carbons (Fsp3) is 0.424. The molecule has 1 aromatic heterocycles. The van der Waals surface area contributed by atoms with Crippen molar-refractivity contribution in [1.82, 2.24) is 15.4 Å². The van der Waals surface area contributed by atoms with Gasteiger partial charge in [0.1, 0.15) is 5.75 Å². The van der Waals surface area contributed by atoms with Gasteiger partial charge in [-0.15, -0.1) is 0 Å². The van der Waals surface area contributed by atoms with E-state index in [1.54, 1.807) is 0 Å². The Bertz CT molecular complexity index is 1270. The van der Waals surface area contributed by atoms with Crippen LogP contribution in [0, 0.1) is 0 Å². The number of nitrogens with two attached hydrogens (primary N) is 1. The number of unbranched alkanes of at least 4 members (excludes halogenated alkanes) is 2. The van der Waals surface area contributed by atoms with Gasteiger partial charge in [0.2, 0.25) is 0 Å². The van der Waals surface area contributed by atoms with Gasteiger partial charge in [-0.25, -0.2) is 4.94 Å². The number of pyridine rings is 1. The van der Waals surface area contributed by atoms with Gasteiger partial charge in [0.15, 0.2) is 0 Å². The van der Waals surface area contributed by atoms with E-state index >= 15 is 0 Å². The molecule has 2 aliphatic rings. The molecule has 0 bridgehead atoms. The van der Waals surface area contributed by atoms with E-state index in [0.717, 1.165) is 101 Å². The summed E-state index contributed by atoms with van der Waals surface area (Å²) in [6, 6.07) is 19.2. The molecule has 1 aliphatic heterocycles. The molecule has 1 fully saturated rings. The predicted octanol–water partition coefficient (Wildman–Crippen LogP) is 6.31. The summed E-state index contributed by atoms with van der Waals surface area (Å²) in [5.74, 6) is 5.92. The van der Waals surface area contributed by atoms with Crippen LogP contribution >= 0.6 is 11.6 Å². The van der Waals surface area contributed by atoms with Gasteiger partial charge in [0.05, 0.1) is 12.3 Å². The molecule has 40 heavy (non-hydrogen) atoms. The Balaban J connectivity index is 1.08. The SMILES string of the molecule is NONCCCCc1ccc(OCCCCN2CCC(=C3c4ccc(Cl)cc4CCc4cccnc43)CC2)cc1. The zero-order chi connectivity index (χ0) is 27.6. The van der Waals surface area contributed by atoms with Gasteiger partial charge in [-0.1, -0.05) is 41.4 Å². The number of hydroxylamine groups is 1. The summed E-state index contributed by atoms with van der Waals surface area (Å²) >= 11 is 6.38. The summed E-state index contributed by atoms with van der Waals surface area (Å²) in [7, 11) is 0. The maximum atomic E-state index is 6.38. The molecule has 1 saturated heterocycles. The Hall–Kier alpha value is -2.74. The molecule has 0 spiro atoms. The van der Waals surface area contributed by atoms with Gasteiger partial charge in [0, 0.05) is 36.4 Å². The van der Waals surface area contributed by atoms with Crippen LogP contribution < -0.4 is 16.1 Å². The standard InChI is InChI=1S/C33H41ClN4O2/c34-29-12-15-31-28(24-29)11-10-27-7-5-18-36-33(27)32(31)26-16-21-38(22-17-26)20-3-4-23-39-30-13-8-25(9-14-30)6-1-2-19-37-40-35/h5,7-9,12-15,18,24,37H,1-4,6,10-11,16-17,19-23,35H2. The van der Waals surface area contributed by atoms with Crippen molar-refractivity contribution < 1.29 is 9.68 Å². The number of halogens is 1. The molecule has 7 heteroatoms. The van der Waals surface area contributed by atoms with Crippen molar-refractivity contribution in [2.75, 3.05) is 32.8 Å². The normalized spacial score (nSPS) is 15.4. The van der Waals surface area contributed by atoms with Crippen LogP contribution in [-0.2, 0) is 24.2 Å². The van der Waals surface area contributed by atoms with Gasteiger partial charge in [-0.3, -0.25) is 4.98 Å². The number of likely N-dealkylation sites (tertiary alicyclic amines) is 1. The molecule has 2 heterocycles. The largest absolute Gasteiger partial charge is 0.494 e. The van der Waals surface area contributed by atoms with Crippen molar-refractivity contribution in [3.8, 4) is 5.75 Å². The number of fused-ring (bicyclic) bond motifs is 2. The van der Waals surface area contributed by atoms with Crippen molar-refractivity contribution >= 4 is 17.2 Å². The molecular formula is C33H41ClN4O2. The Morgan fingerprint density at radius 3 is 2.55 bits per heavy atom. The number of nitrogens with zero attached hydrogens (tertiary/aromatic N) is 2. The highest BCUT2D eigenvalue weighted by atomic mass is 35.5. The third-order valence-corrected chi connectivity index (χ3v) is 8.32. The van der Waals surface area contributed by atoms with Crippen LogP contribution in [0.2, 0.25) is 5.02 Å². The van der Waals surface area contributed by atoms with Gasteiger partial charge in [-0.2, -0.15) is 11.4 Å². The van der Waals surface area contributed by atoms with Crippen LogP contribution in [0.5, 0.6) is 5.75 Å². The lowest BCUT2D eigenvalue weighted by atomic mass is 9.88. The number of aryl methyl sites for hydroxylation is 3. The van der Waals surface area contributed by atoms with E-state index < -0.39 is 0 Å². The Morgan fingerprint density at radius 2 is 1.73 bits per heavy atom. The van der Waals surface area contributed by atoms with E-state index in [4.69, 9.17) is 27.2 Å². The molecule has 0 atom stereocenters. The zero-order valence-corrected chi connectivity index (χ0v) is 24.1. The van der Waals surface area contributed by atoms with E-state index in [2.05, 4.69) is 63.8 Å². The molecule has 1 aliphatic carbocycles. The van der Waals surface area contributed by atoms with Crippen LogP contribution in [0.3, 0.4) is 0 Å². The van der Waals surface area contributed by atoms with Gasteiger partial charge in [-0.05, 0) is 117 Å². The van der Waals surface area contributed by atoms with E-state index in [0.29, 0.717) is 0 Å². The highest BCUT2D eigenvalue weighted by molar-refractivity contribution is 6.30. The zero-order valence-electron chi connectivity index (χ0n) is 23.3. The average Bonchev–Trinajstić information content (AvgIpc) is 3.14. The summed E-state index contributed by atoms with van der Waals surface area (Å²) in [6.45, 7) is 4.85. The topological polar surface area (TPSA) is 72.6 Å². The summed E-state index contributed by atoms with van der Waals surface area (Å²) in [5, 5.41) is 0.816. The third kappa shape index (κ3) is 7.71. The summed E-state index contributed by atoms with van der Waals surface area (Å²) in [5.41, 5.74) is 12.1. The van der Waals surface area contributed by atoms with Crippen molar-refractivity contribution in [3.63, 3.8) is 0 Å². The van der Waals surface area contributed by atoms with Gasteiger partial charge < -0.3 is 9.64 Å². The molecule has 0 unspecified atom stereocenters. The van der Waals surface area contributed by atoms with E-state index in [1.165, 1.54) is 39.1 Å². The second-order valence-corrected chi connectivity index (χ2v) is 11.2. The minimum Gasteiger partial charge on any atom is -0.494 e. The smallest absolute Gasteiger partial charge is 0.119 e. The molecule has 5 rings (SSSR count). The third-order valence-electron chi connectivity index (χ3n) is 8.08. The first-order chi connectivity index (χ1) is 19.7. The number of piperidine rings is 1. The van der Waals surface area contributed by atoms with Crippen LogP contribution in [-0.4, -0.2) is 42.7 Å². The molecule has 0 amide bonds. The minimum absolute atomic E-state index is 0.759. The van der Waals surface area contributed by atoms with Gasteiger partial charge in [0.25, 0.3) is 0 Å². The Labute approximate surface area is 243 Å². The van der Waals surface area contributed by atoms with Crippen LogP contribution in [0.25, 0.3) is 5.57 Å². The Morgan fingerprint density at radius 1 is 0.900 bits per heavy atom. The quantitative estimate of drug-likeness (QED) is 0.200. The summed E-state index contributed by atoms with van der Waals surface area (Å²) < 4.78 is 6.01. The molecule has 3 N–H and O–H groups in total. The molecular weight excluding hydrogens is 520 g/mol. The lowest BCUT2D eigenvalue weighted by Gasteiger charge is -2.30. The number of hydrogen-bond donors (Lipinski definition) is 2. The molecule has 0 saturated carbocycles. The fourth-order valence-electron chi connectivity index (χ4n) is 5.89. The molecule has 2 aromatic carbocycles. The maximum Gasteiger partial charge on any atom is 0.119 e. The fourth-order valence-corrected chi connectivity index (χ4v) is 6.09. The molecule has 3 aromatic rings. The Kier molecular flexibility index (Phi) is 10.6. The first-order valence-electron chi connectivity index (χ1n) is 14.7. The monoisotopic (exact) mass is 560 g/mol. The lowest BCUT2D eigenvalue weighted by molar-refractivity contribution is 0.0402. The number of benzene rings is 2. The first-order valence-corrected chi connectivity index (χ1v) is 15.1. The second kappa shape index (κ2) is 14.8. The van der Waals surface area contributed by atoms with Crippen molar-refractivity contribution in [2.24, 2.45) is 5.90 Å². The summed E-state index contributed by atoms with van der Waals surface area (Å²) in [6.07, 6.45) is 11.5. The van der Waals surface area contributed by atoms with Crippen molar-refractivity contribution in [3.05, 3.63) is 99.3 Å². The number of hydrogen-bond acceptors (Lipinski definition) is 6. The summed E-state index contributed by atoms with van der Waals surface area (Å²) in [4.78, 5) is 11.9. The number of nitrogens with one attached hydrogen (secondary N) is 1. The van der Waals surface area contributed by atoms with Crippen LogP contribution in [0.15, 0.2) is 66.4 Å². The number of ether oxygens (including phenoxy) is 1. The molecule has 0 radical (unpaired) electrons. The predicted molar refractivity (Wildman–Crippen MR) is 162 cm³/mol. The number of aromatic nitrogens is 1. The average molecular weight is 561 g/mol. The van der Waals surface area contributed by atoms with Gasteiger partial charge >= 0.3 is 0 Å². The molecule has 6 nitrogen and oxygen atoms in total. The highest BCUT2D eigenvalue weighted by Crippen LogP contribution is 2.38. The van der Waals surface area contributed by atoms with Crippen molar-refractivity contribution in [2.45, 2.75) is 57.8 Å². The highest BCUT2D eigenvalue weighted by Gasteiger charge is 2.25. The lowest BCUT2D eigenvalue weighted by Crippen LogP contribution is -2.32. The van der Waals surface area contributed by atoms with E-state index in [9.17, 15) is 0 Å². The second-order valence-electron chi connectivity index (χ2n) is 10.8. The maximum absolute atomic E-state index is 6.38. The van der Waals surface area contributed by atoms with Crippen LogP contribution in [0.1, 0.15) is 66.5 Å².